The number of amides is 1. The van der Waals surface area contributed by atoms with Gasteiger partial charge in [0.05, 0.1) is 24.4 Å². The summed E-state index contributed by atoms with van der Waals surface area (Å²) in [6.07, 6.45) is 6.15. The zero-order valence-corrected chi connectivity index (χ0v) is 29.6. The number of carbonyl (C=O) groups excluding carboxylic acids is 1. The highest BCUT2D eigenvalue weighted by Crippen LogP contribution is 2.28. The quantitative estimate of drug-likeness (QED) is 0.344. The average molecular weight is 718 g/mol. The van der Waals surface area contributed by atoms with E-state index in [4.69, 9.17) is 16.3 Å². The van der Waals surface area contributed by atoms with Gasteiger partial charge in [-0.3, -0.25) is 4.79 Å². The molecule has 0 radical (unpaired) electrons. The van der Waals surface area contributed by atoms with Crippen LogP contribution in [-0.2, 0) is 36.0 Å². The second-order valence-electron chi connectivity index (χ2n) is 12.4. The molecule has 5 rings (SSSR count). The third kappa shape index (κ3) is 9.65. The average Bonchev–Trinajstić information content (AvgIpc) is 3.04. The van der Waals surface area contributed by atoms with Crippen molar-refractivity contribution in [3.63, 3.8) is 0 Å². The number of sulfonamides is 2. The molecule has 3 saturated heterocycles. The van der Waals surface area contributed by atoms with Crippen LogP contribution >= 0.6 is 24.0 Å². The molecule has 0 aliphatic carbocycles. The van der Waals surface area contributed by atoms with E-state index >= 15 is 0 Å². The molecule has 0 N–H and O–H groups in total. The van der Waals surface area contributed by atoms with E-state index in [-0.39, 0.29) is 24.2 Å². The molecule has 10 nitrogen and oxygen atoms in total. The van der Waals surface area contributed by atoms with Crippen LogP contribution < -0.4 is 4.90 Å². The number of ether oxygens (including phenoxy) is 1. The minimum atomic E-state index is -3.48. The van der Waals surface area contributed by atoms with E-state index in [9.17, 15) is 21.6 Å². The summed E-state index contributed by atoms with van der Waals surface area (Å²) < 4.78 is 58.0. The Hall–Kier alpha value is -1.77. The maximum atomic E-state index is 13.7. The normalized spacial score (nSPS) is 19.9. The summed E-state index contributed by atoms with van der Waals surface area (Å²) in [4.78, 5) is 18.3. The molecule has 0 bridgehead atoms. The third-order valence-corrected chi connectivity index (χ3v) is 12.7. The van der Waals surface area contributed by atoms with Gasteiger partial charge in [0.1, 0.15) is 0 Å². The molecule has 46 heavy (non-hydrogen) atoms. The molecule has 0 saturated carbocycles. The fourth-order valence-electron chi connectivity index (χ4n) is 6.60. The molecule has 256 valence electrons. The van der Waals surface area contributed by atoms with Gasteiger partial charge >= 0.3 is 0 Å². The Balaban J connectivity index is 0.00000480. The largest absolute Gasteiger partial charge is 0.379 e. The van der Waals surface area contributed by atoms with E-state index in [1.54, 1.807) is 18.2 Å². The van der Waals surface area contributed by atoms with Crippen LogP contribution in [0.15, 0.2) is 53.4 Å². The Kier molecular flexibility index (Phi) is 13.3. The number of rotatable bonds is 11. The first-order chi connectivity index (χ1) is 21.5. The zero-order valence-electron chi connectivity index (χ0n) is 26.4. The summed E-state index contributed by atoms with van der Waals surface area (Å²) in [6.45, 7) is 5.83. The van der Waals surface area contributed by atoms with Crippen molar-refractivity contribution in [1.29, 1.82) is 0 Å². The molecular formula is C32H46Cl2N4O6S2. The zero-order chi connectivity index (χ0) is 32.0. The molecule has 1 amide bonds. The number of benzene rings is 2. The van der Waals surface area contributed by atoms with Crippen LogP contribution in [0.25, 0.3) is 0 Å². The van der Waals surface area contributed by atoms with Gasteiger partial charge in [0.2, 0.25) is 26.0 Å². The van der Waals surface area contributed by atoms with Crippen molar-refractivity contribution in [2.45, 2.75) is 43.4 Å². The molecule has 0 atom stereocenters. The second kappa shape index (κ2) is 16.6. The molecule has 3 heterocycles. The molecule has 14 heteroatoms. The Morgan fingerprint density at radius 1 is 0.891 bits per heavy atom. The highest BCUT2D eigenvalue weighted by Gasteiger charge is 2.32. The predicted molar refractivity (Wildman–Crippen MR) is 184 cm³/mol. The maximum Gasteiger partial charge on any atom is 0.243 e. The molecule has 3 fully saturated rings. The standard InChI is InChI=1S/C32H45ClN4O6S2.ClH/c1-44(39,40)35-18-12-28(13-19-35)32(38)37(30-5-2-4-29(33)25-30)15-3-14-34-16-10-27(11-17-34)24-26-6-8-31(9-7-26)45(41,42)36-20-22-43-23-21-36;/h2,4-9,25,27-28H,3,10-24H2,1H3;1H. The fourth-order valence-corrected chi connectivity index (χ4v) is 9.07. The van der Waals surface area contributed by atoms with Gasteiger partial charge in [0.15, 0.2) is 0 Å². The van der Waals surface area contributed by atoms with Gasteiger partial charge in [-0.05, 0) is 100.0 Å². The van der Waals surface area contributed by atoms with Gasteiger partial charge in [-0.15, -0.1) is 12.4 Å². The minimum Gasteiger partial charge on any atom is -0.379 e. The second-order valence-corrected chi connectivity index (χ2v) is 16.8. The Morgan fingerprint density at radius 2 is 1.54 bits per heavy atom. The van der Waals surface area contributed by atoms with Crippen molar-refractivity contribution in [3.8, 4) is 0 Å². The lowest BCUT2D eigenvalue weighted by Crippen LogP contribution is -2.45. The molecule has 3 aliphatic rings. The molecule has 0 spiro atoms. The summed E-state index contributed by atoms with van der Waals surface area (Å²) >= 11 is 6.28. The molecule has 2 aromatic rings. The van der Waals surface area contributed by atoms with Crippen molar-refractivity contribution in [2.75, 3.05) is 76.7 Å². The minimum absolute atomic E-state index is 0. The first-order valence-corrected chi connectivity index (χ1v) is 19.6. The Morgan fingerprint density at radius 3 is 2.15 bits per heavy atom. The van der Waals surface area contributed by atoms with Gasteiger partial charge in [0, 0.05) is 49.4 Å². The summed E-state index contributed by atoms with van der Waals surface area (Å²) in [6, 6.07) is 14.7. The highest BCUT2D eigenvalue weighted by atomic mass is 35.5. The summed E-state index contributed by atoms with van der Waals surface area (Å²) in [5.41, 5.74) is 1.94. The number of halogens is 2. The summed E-state index contributed by atoms with van der Waals surface area (Å²) in [5.74, 6) is 0.365. The van der Waals surface area contributed by atoms with E-state index in [1.165, 1.54) is 14.9 Å². The number of morpholine rings is 1. The van der Waals surface area contributed by atoms with Crippen molar-refractivity contribution >= 4 is 55.6 Å². The number of hydrogen-bond acceptors (Lipinski definition) is 7. The first kappa shape index (κ1) is 37.1. The number of nitrogens with zero attached hydrogens (tertiary/aromatic N) is 4. The highest BCUT2D eigenvalue weighted by molar-refractivity contribution is 7.89. The molecular weight excluding hydrogens is 671 g/mol. The number of piperidine rings is 2. The molecule has 3 aliphatic heterocycles. The van der Waals surface area contributed by atoms with Crippen LogP contribution in [0.4, 0.5) is 5.69 Å². The van der Waals surface area contributed by atoms with Crippen molar-refractivity contribution in [1.82, 2.24) is 13.5 Å². The van der Waals surface area contributed by atoms with E-state index in [2.05, 4.69) is 4.90 Å². The van der Waals surface area contributed by atoms with Crippen molar-refractivity contribution in [2.24, 2.45) is 11.8 Å². The monoisotopic (exact) mass is 716 g/mol. The summed E-state index contributed by atoms with van der Waals surface area (Å²) in [5, 5.41) is 0.577. The van der Waals surface area contributed by atoms with Crippen LogP contribution in [0.5, 0.6) is 0 Å². The lowest BCUT2D eigenvalue weighted by atomic mass is 9.90. The smallest absolute Gasteiger partial charge is 0.243 e. The lowest BCUT2D eigenvalue weighted by Gasteiger charge is -2.34. The van der Waals surface area contributed by atoms with E-state index < -0.39 is 20.0 Å². The summed E-state index contributed by atoms with van der Waals surface area (Å²) in [7, 11) is -6.74. The number of hydrogen-bond donors (Lipinski definition) is 0. The lowest BCUT2D eigenvalue weighted by molar-refractivity contribution is -0.123. The number of likely N-dealkylation sites (tertiary alicyclic amines) is 1. The molecule has 0 aromatic heterocycles. The van der Waals surface area contributed by atoms with Crippen LogP contribution in [-0.4, -0.2) is 108 Å². The van der Waals surface area contributed by atoms with Gasteiger partial charge in [-0.2, -0.15) is 4.31 Å². The first-order valence-electron chi connectivity index (χ1n) is 15.9. The Labute approximate surface area is 285 Å². The van der Waals surface area contributed by atoms with Crippen LogP contribution in [0.2, 0.25) is 5.02 Å². The Bertz CT molecular complexity index is 1510. The van der Waals surface area contributed by atoms with Gasteiger partial charge < -0.3 is 14.5 Å². The van der Waals surface area contributed by atoms with Crippen LogP contribution in [0, 0.1) is 11.8 Å². The third-order valence-electron chi connectivity index (χ3n) is 9.28. The van der Waals surface area contributed by atoms with E-state index in [0.29, 0.717) is 74.6 Å². The van der Waals surface area contributed by atoms with Gasteiger partial charge in [-0.1, -0.05) is 29.8 Å². The van der Waals surface area contributed by atoms with Gasteiger partial charge in [-0.25, -0.2) is 21.1 Å². The molecule has 0 unspecified atom stereocenters. The molecule has 2 aromatic carbocycles. The van der Waals surface area contributed by atoms with Crippen molar-refractivity contribution in [3.05, 3.63) is 59.1 Å². The van der Waals surface area contributed by atoms with Crippen LogP contribution in [0.3, 0.4) is 0 Å². The topological polar surface area (TPSA) is 108 Å². The van der Waals surface area contributed by atoms with Crippen LogP contribution in [0.1, 0.15) is 37.7 Å². The SMILES string of the molecule is CS(=O)(=O)N1CCC(C(=O)N(CCCN2CCC(Cc3ccc(S(=O)(=O)N4CCOCC4)cc3)CC2)c2cccc(Cl)c2)CC1.Cl. The van der Waals surface area contributed by atoms with Gasteiger partial charge in [0.25, 0.3) is 0 Å². The fraction of sp³-hybridized carbons (Fsp3) is 0.594. The predicted octanol–water partition coefficient (Wildman–Crippen LogP) is 4.13. The van der Waals surface area contributed by atoms with E-state index in [1.807, 2.05) is 35.2 Å². The number of carbonyl (C=O) groups is 1. The van der Waals surface area contributed by atoms with Crippen molar-refractivity contribution < 1.29 is 26.4 Å². The van der Waals surface area contributed by atoms with E-state index in [0.717, 1.165) is 56.6 Å². The number of anilines is 1. The maximum absolute atomic E-state index is 13.7.